The minimum Gasteiger partial charge on any atom is -0.456 e. The Morgan fingerprint density at radius 3 is 1.85 bits per heavy atom. The summed E-state index contributed by atoms with van der Waals surface area (Å²) in [6, 6.07) is 57.7. The van der Waals surface area contributed by atoms with Crippen LogP contribution in [0.3, 0.4) is 0 Å². The maximum atomic E-state index is 6.63. The zero-order valence-electron chi connectivity index (χ0n) is 28.8. The molecule has 0 saturated carbocycles. The number of hydrogen-bond donors (Lipinski definition) is 0. The molecule has 0 fully saturated rings. The van der Waals surface area contributed by atoms with E-state index in [2.05, 4.69) is 72.8 Å². The van der Waals surface area contributed by atoms with E-state index in [0.29, 0.717) is 28.9 Å². The molecule has 0 saturated heterocycles. The molecular formula is C48H28N4O2. The molecule has 0 amide bonds. The maximum absolute atomic E-state index is 6.63. The summed E-state index contributed by atoms with van der Waals surface area (Å²) >= 11 is 0. The number of furan rings is 1. The van der Waals surface area contributed by atoms with E-state index < -0.39 is 0 Å². The topological polar surface area (TPSA) is 77.8 Å². The van der Waals surface area contributed by atoms with E-state index in [-0.39, 0.29) is 0 Å². The summed E-state index contributed by atoms with van der Waals surface area (Å²) in [6.45, 7) is 0. The summed E-state index contributed by atoms with van der Waals surface area (Å²) in [6.07, 6.45) is 0. The number of nitrogens with zero attached hydrogens (tertiary/aromatic N) is 4. The average Bonchev–Trinajstić information content (AvgIpc) is 3.86. The molecule has 6 nitrogen and oxygen atoms in total. The van der Waals surface area contributed by atoms with E-state index >= 15 is 0 Å². The van der Waals surface area contributed by atoms with Crippen molar-refractivity contribution >= 4 is 54.6 Å². The highest BCUT2D eigenvalue weighted by atomic mass is 16.3. The van der Waals surface area contributed by atoms with Gasteiger partial charge in [0.15, 0.2) is 23.1 Å². The number of benzene rings is 8. The van der Waals surface area contributed by atoms with Crippen LogP contribution < -0.4 is 0 Å². The Hall–Kier alpha value is -7.44. The fourth-order valence-corrected chi connectivity index (χ4v) is 7.63. The molecule has 0 bridgehead atoms. The first-order valence-electron chi connectivity index (χ1n) is 17.9. The highest BCUT2D eigenvalue weighted by Crippen LogP contribution is 2.41. The molecule has 0 radical (unpaired) electrons. The molecule has 0 spiro atoms. The van der Waals surface area contributed by atoms with Crippen molar-refractivity contribution in [2.45, 2.75) is 0 Å². The number of rotatable bonds is 5. The minimum absolute atomic E-state index is 0.540. The molecule has 0 N–H and O–H groups in total. The standard InChI is InChI=1S/C48H28N4O2/c1-3-14-30(15-4-1)45-50-46(37-22-12-24-42-43(37)36-20-9-10-23-41(36)53-42)52-47(51-45)39-28-40-44(54-48(49-40)31-16-5-2-6-17-31)38-27-32(25-26-35(38)39)34-21-11-18-29-13-7-8-19-33(29)34/h1-28H. The quantitative estimate of drug-likeness (QED) is 0.179. The molecule has 0 aliphatic carbocycles. The van der Waals surface area contributed by atoms with Crippen LogP contribution in [0.2, 0.25) is 0 Å². The fourth-order valence-electron chi connectivity index (χ4n) is 7.63. The molecule has 54 heavy (non-hydrogen) atoms. The number of aromatic nitrogens is 4. The zero-order valence-corrected chi connectivity index (χ0v) is 28.8. The van der Waals surface area contributed by atoms with Crippen molar-refractivity contribution in [3.8, 4) is 56.7 Å². The maximum Gasteiger partial charge on any atom is 0.227 e. The van der Waals surface area contributed by atoms with E-state index in [1.807, 2.05) is 97.1 Å². The van der Waals surface area contributed by atoms with Gasteiger partial charge in [-0.2, -0.15) is 0 Å². The minimum atomic E-state index is 0.540. The Kier molecular flexibility index (Phi) is 6.75. The van der Waals surface area contributed by atoms with Crippen molar-refractivity contribution in [2.24, 2.45) is 0 Å². The van der Waals surface area contributed by atoms with Crippen LogP contribution in [0.15, 0.2) is 179 Å². The highest BCUT2D eigenvalue weighted by molar-refractivity contribution is 6.14. The van der Waals surface area contributed by atoms with Crippen LogP contribution >= 0.6 is 0 Å². The SMILES string of the molecule is c1ccc(-c2nc(-c3cc4nc(-c5ccccc5)oc4c4cc(-c5cccc6ccccc56)ccc34)nc(-c3cccc4oc5ccccc5c34)n2)cc1. The molecule has 3 heterocycles. The lowest BCUT2D eigenvalue weighted by Crippen LogP contribution is -2.01. The summed E-state index contributed by atoms with van der Waals surface area (Å²) in [4.78, 5) is 20.6. The van der Waals surface area contributed by atoms with Gasteiger partial charge in [-0.3, -0.25) is 0 Å². The summed E-state index contributed by atoms with van der Waals surface area (Å²) in [5.41, 5.74) is 8.75. The van der Waals surface area contributed by atoms with Crippen molar-refractivity contribution in [3.05, 3.63) is 170 Å². The summed E-state index contributed by atoms with van der Waals surface area (Å²) in [5.74, 6) is 2.23. The first-order valence-corrected chi connectivity index (χ1v) is 17.9. The van der Waals surface area contributed by atoms with Gasteiger partial charge in [-0.25, -0.2) is 19.9 Å². The first-order chi connectivity index (χ1) is 26.7. The van der Waals surface area contributed by atoms with Gasteiger partial charge in [0.2, 0.25) is 5.89 Å². The van der Waals surface area contributed by atoms with Crippen molar-refractivity contribution in [3.63, 3.8) is 0 Å². The summed E-state index contributed by atoms with van der Waals surface area (Å²) in [5, 5.41) is 6.22. The van der Waals surface area contributed by atoms with Gasteiger partial charge in [-0.05, 0) is 63.7 Å². The second-order valence-electron chi connectivity index (χ2n) is 13.4. The average molecular weight is 693 g/mol. The molecule has 8 aromatic carbocycles. The summed E-state index contributed by atoms with van der Waals surface area (Å²) < 4.78 is 12.9. The zero-order chi connectivity index (χ0) is 35.6. The van der Waals surface area contributed by atoms with Crippen LogP contribution in [0.5, 0.6) is 0 Å². The molecular weight excluding hydrogens is 665 g/mol. The van der Waals surface area contributed by atoms with Crippen LogP contribution in [-0.2, 0) is 0 Å². The van der Waals surface area contributed by atoms with E-state index in [0.717, 1.165) is 71.6 Å². The van der Waals surface area contributed by atoms with Crippen molar-refractivity contribution in [2.75, 3.05) is 0 Å². The van der Waals surface area contributed by atoms with Crippen molar-refractivity contribution in [1.29, 1.82) is 0 Å². The molecule has 11 rings (SSSR count). The number of fused-ring (bicyclic) bond motifs is 7. The number of oxazole rings is 1. The van der Waals surface area contributed by atoms with E-state index in [4.69, 9.17) is 28.8 Å². The highest BCUT2D eigenvalue weighted by Gasteiger charge is 2.22. The van der Waals surface area contributed by atoms with Gasteiger partial charge in [0.1, 0.15) is 16.7 Å². The molecule has 0 unspecified atom stereocenters. The Labute approximate surface area is 309 Å². The fraction of sp³-hybridized carbons (Fsp3) is 0. The van der Waals surface area contributed by atoms with Gasteiger partial charge in [-0.15, -0.1) is 0 Å². The predicted molar refractivity (Wildman–Crippen MR) is 217 cm³/mol. The van der Waals surface area contributed by atoms with Gasteiger partial charge in [-0.1, -0.05) is 133 Å². The molecule has 3 aromatic heterocycles. The van der Waals surface area contributed by atoms with Gasteiger partial charge in [0.25, 0.3) is 0 Å². The summed E-state index contributed by atoms with van der Waals surface area (Å²) in [7, 11) is 0. The van der Waals surface area contributed by atoms with E-state index in [1.54, 1.807) is 0 Å². The Balaban J connectivity index is 1.20. The van der Waals surface area contributed by atoms with Crippen LogP contribution in [0, 0.1) is 0 Å². The predicted octanol–water partition coefficient (Wildman–Crippen LogP) is 12.6. The Bertz CT molecular complexity index is 3220. The lowest BCUT2D eigenvalue weighted by Gasteiger charge is -2.13. The largest absolute Gasteiger partial charge is 0.456 e. The first kappa shape index (κ1) is 30.2. The molecule has 252 valence electrons. The lowest BCUT2D eigenvalue weighted by molar-refractivity contribution is 0.623. The third-order valence-corrected chi connectivity index (χ3v) is 10.2. The third-order valence-electron chi connectivity index (χ3n) is 10.2. The number of para-hydroxylation sites is 1. The third kappa shape index (κ3) is 4.89. The van der Waals surface area contributed by atoms with Crippen LogP contribution in [0.25, 0.3) is 111 Å². The smallest absolute Gasteiger partial charge is 0.227 e. The normalized spacial score (nSPS) is 11.7. The molecule has 6 heteroatoms. The van der Waals surface area contributed by atoms with Gasteiger partial charge in [0, 0.05) is 38.4 Å². The second kappa shape index (κ2) is 12.1. The van der Waals surface area contributed by atoms with Crippen molar-refractivity contribution < 1.29 is 8.83 Å². The van der Waals surface area contributed by atoms with Crippen LogP contribution in [0.4, 0.5) is 0 Å². The van der Waals surface area contributed by atoms with E-state index in [1.165, 1.54) is 10.8 Å². The van der Waals surface area contributed by atoms with Crippen LogP contribution in [0.1, 0.15) is 0 Å². The van der Waals surface area contributed by atoms with Gasteiger partial charge < -0.3 is 8.83 Å². The molecule has 0 atom stereocenters. The van der Waals surface area contributed by atoms with Gasteiger partial charge in [0.05, 0.1) is 0 Å². The molecule has 0 aliphatic heterocycles. The Morgan fingerprint density at radius 1 is 0.352 bits per heavy atom. The molecule has 11 aromatic rings. The number of hydrogen-bond acceptors (Lipinski definition) is 6. The monoisotopic (exact) mass is 692 g/mol. The molecule has 0 aliphatic rings. The lowest BCUT2D eigenvalue weighted by atomic mass is 9.94. The van der Waals surface area contributed by atoms with Crippen molar-refractivity contribution in [1.82, 2.24) is 19.9 Å². The second-order valence-corrected chi connectivity index (χ2v) is 13.4. The van der Waals surface area contributed by atoms with Crippen LogP contribution in [-0.4, -0.2) is 19.9 Å². The Morgan fingerprint density at radius 2 is 1.00 bits per heavy atom. The van der Waals surface area contributed by atoms with Gasteiger partial charge >= 0.3 is 0 Å². The van der Waals surface area contributed by atoms with E-state index in [9.17, 15) is 0 Å².